The van der Waals surface area contributed by atoms with E-state index in [0.717, 1.165) is 16.7 Å². The molecule has 0 saturated heterocycles. The van der Waals surface area contributed by atoms with Crippen molar-refractivity contribution in [3.05, 3.63) is 53.9 Å². The third-order valence-electron chi connectivity index (χ3n) is 3.14. The van der Waals surface area contributed by atoms with Gasteiger partial charge in [-0.15, -0.1) is 0 Å². The van der Waals surface area contributed by atoms with Crippen molar-refractivity contribution in [2.24, 2.45) is 0 Å². The predicted octanol–water partition coefficient (Wildman–Crippen LogP) is 4.02. The second-order valence-electron chi connectivity index (χ2n) is 4.47. The van der Waals surface area contributed by atoms with Crippen LogP contribution in [0.15, 0.2) is 46.9 Å². The van der Waals surface area contributed by atoms with Crippen LogP contribution in [-0.2, 0) is 0 Å². The van der Waals surface area contributed by atoms with Crippen LogP contribution in [0, 0.1) is 0 Å². The molecule has 1 heterocycles. The Morgan fingerprint density at radius 2 is 1.76 bits per heavy atom. The van der Waals surface area contributed by atoms with Crippen LogP contribution in [0.1, 0.15) is 11.5 Å². The first-order chi connectivity index (χ1) is 10.3. The SMILES string of the molecule is COc1ccc(/C=C/c2nc3ccccc3o2)cc1OC. The van der Waals surface area contributed by atoms with Crippen molar-refractivity contribution in [1.82, 2.24) is 4.98 Å². The van der Waals surface area contributed by atoms with Crippen molar-refractivity contribution in [2.45, 2.75) is 0 Å². The molecule has 0 aliphatic carbocycles. The summed E-state index contributed by atoms with van der Waals surface area (Å²) >= 11 is 0. The van der Waals surface area contributed by atoms with E-state index >= 15 is 0 Å². The summed E-state index contributed by atoms with van der Waals surface area (Å²) in [6.45, 7) is 0. The summed E-state index contributed by atoms with van der Waals surface area (Å²) in [5, 5.41) is 0. The number of nitrogens with zero attached hydrogens (tertiary/aromatic N) is 1. The highest BCUT2D eigenvalue weighted by atomic mass is 16.5. The average molecular weight is 281 g/mol. The molecule has 3 rings (SSSR count). The van der Waals surface area contributed by atoms with Crippen molar-refractivity contribution in [1.29, 1.82) is 0 Å². The molecule has 0 N–H and O–H groups in total. The highest BCUT2D eigenvalue weighted by Crippen LogP contribution is 2.28. The van der Waals surface area contributed by atoms with Gasteiger partial charge in [0.25, 0.3) is 0 Å². The second-order valence-corrected chi connectivity index (χ2v) is 4.47. The minimum absolute atomic E-state index is 0.575. The van der Waals surface area contributed by atoms with Gasteiger partial charge in [0.05, 0.1) is 14.2 Å². The molecule has 0 atom stereocenters. The first-order valence-corrected chi connectivity index (χ1v) is 6.56. The summed E-state index contributed by atoms with van der Waals surface area (Å²) in [7, 11) is 3.23. The van der Waals surface area contributed by atoms with Crippen LogP contribution in [0.3, 0.4) is 0 Å². The molecule has 0 bridgehead atoms. The lowest BCUT2D eigenvalue weighted by Crippen LogP contribution is -1.90. The van der Waals surface area contributed by atoms with E-state index in [4.69, 9.17) is 13.9 Å². The number of ether oxygens (including phenoxy) is 2. The van der Waals surface area contributed by atoms with Gasteiger partial charge in [0.1, 0.15) is 5.52 Å². The average Bonchev–Trinajstić information content (AvgIpc) is 2.95. The maximum Gasteiger partial charge on any atom is 0.220 e. The fourth-order valence-electron chi connectivity index (χ4n) is 2.09. The third kappa shape index (κ3) is 2.74. The fourth-order valence-corrected chi connectivity index (χ4v) is 2.09. The number of methoxy groups -OCH3 is 2. The maximum atomic E-state index is 5.64. The summed E-state index contributed by atoms with van der Waals surface area (Å²) in [4.78, 5) is 4.39. The second kappa shape index (κ2) is 5.71. The summed E-state index contributed by atoms with van der Waals surface area (Å²) < 4.78 is 16.1. The molecule has 4 heteroatoms. The zero-order valence-corrected chi connectivity index (χ0v) is 11.9. The van der Waals surface area contributed by atoms with Gasteiger partial charge in [0.2, 0.25) is 5.89 Å². The van der Waals surface area contributed by atoms with Gasteiger partial charge >= 0.3 is 0 Å². The molecule has 2 aromatic carbocycles. The molecule has 3 aromatic rings. The molecule has 0 amide bonds. The van der Waals surface area contributed by atoms with E-state index in [1.807, 2.05) is 54.6 Å². The topological polar surface area (TPSA) is 44.5 Å². The predicted molar refractivity (Wildman–Crippen MR) is 82.5 cm³/mol. The Kier molecular flexibility index (Phi) is 3.60. The normalized spacial score (nSPS) is 11.1. The number of hydrogen-bond donors (Lipinski definition) is 0. The third-order valence-corrected chi connectivity index (χ3v) is 3.14. The smallest absolute Gasteiger partial charge is 0.220 e. The molecule has 0 saturated carbocycles. The van der Waals surface area contributed by atoms with E-state index in [2.05, 4.69) is 4.98 Å². The molecule has 0 spiro atoms. The number of aromatic nitrogens is 1. The Balaban J connectivity index is 1.88. The number of para-hydroxylation sites is 2. The molecule has 0 aliphatic rings. The van der Waals surface area contributed by atoms with Gasteiger partial charge in [-0.3, -0.25) is 0 Å². The van der Waals surface area contributed by atoms with Crippen LogP contribution in [0.25, 0.3) is 23.3 Å². The highest BCUT2D eigenvalue weighted by Gasteiger charge is 2.04. The van der Waals surface area contributed by atoms with E-state index < -0.39 is 0 Å². The molecular formula is C17H15NO3. The minimum Gasteiger partial charge on any atom is -0.493 e. The van der Waals surface area contributed by atoms with Gasteiger partial charge in [-0.25, -0.2) is 4.98 Å². The summed E-state index contributed by atoms with van der Waals surface area (Å²) in [5.41, 5.74) is 2.61. The first kappa shape index (κ1) is 13.2. The zero-order valence-electron chi connectivity index (χ0n) is 11.9. The fraction of sp³-hybridized carbons (Fsp3) is 0.118. The van der Waals surface area contributed by atoms with Gasteiger partial charge in [-0.1, -0.05) is 18.2 Å². The van der Waals surface area contributed by atoms with Crippen molar-refractivity contribution in [3.8, 4) is 11.5 Å². The summed E-state index contributed by atoms with van der Waals surface area (Å²) in [6, 6.07) is 13.4. The molecular weight excluding hydrogens is 266 g/mol. The molecule has 21 heavy (non-hydrogen) atoms. The minimum atomic E-state index is 0.575. The van der Waals surface area contributed by atoms with E-state index in [9.17, 15) is 0 Å². The quantitative estimate of drug-likeness (QED) is 0.724. The molecule has 4 nitrogen and oxygen atoms in total. The Hall–Kier alpha value is -2.75. The number of benzene rings is 2. The summed E-state index contributed by atoms with van der Waals surface area (Å²) in [5.74, 6) is 1.97. The Bertz CT molecular complexity index is 757. The lowest BCUT2D eigenvalue weighted by molar-refractivity contribution is 0.355. The Labute approximate surface area is 122 Å². The van der Waals surface area contributed by atoms with Gasteiger partial charge in [-0.05, 0) is 35.9 Å². The van der Waals surface area contributed by atoms with Crippen molar-refractivity contribution in [3.63, 3.8) is 0 Å². The Morgan fingerprint density at radius 1 is 0.952 bits per heavy atom. The van der Waals surface area contributed by atoms with Crippen molar-refractivity contribution < 1.29 is 13.9 Å². The number of oxazole rings is 1. The Morgan fingerprint density at radius 3 is 2.52 bits per heavy atom. The first-order valence-electron chi connectivity index (χ1n) is 6.56. The summed E-state index contributed by atoms with van der Waals surface area (Å²) in [6.07, 6.45) is 3.76. The molecule has 0 radical (unpaired) electrons. The van der Waals surface area contributed by atoms with Crippen molar-refractivity contribution in [2.75, 3.05) is 14.2 Å². The van der Waals surface area contributed by atoms with Gasteiger partial charge < -0.3 is 13.9 Å². The largest absolute Gasteiger partial charge is 0.493 e. The molecule has 0 fully saturated rings. The van der Waals surface area contributed by atoms with E-state index in [-0.39, 0.29) is 0 Å². The standard InChI is InChI=1S/C17H15NO3/c1-19-15-9-7-12(11-16(15)20-2)8-10-17-18-13-5-3-4-6-14(13)21-17/h3-11H,1-2H3/b10-8+. The number of rotatable bonds is 4. The van der Waals surface area contributed by atoms with E-state index in [1.54, 1.807) is 14.2 Å². The van der Waals surface area contributed by atoms with Crippen LogP contribution in [0.4, 0.5) is 0 Å². The number of fused-ring (bicyclic) bond motifs is 1. The molecule has 0 unspecified atom stereocenters. The van der Waals surface area contributed by atoms with Crippen LogP contribution >= 0.6 is 0 Å². The molecule has 1 aromatic heterocycles. The molecule has 0 aliphatic heterocycles. The van der Waals surface area contributed by atoms with Crippen LogP contribution in [0.2, 0.25) is 0 Å². The lowest BCUT2D eigenvalue weighted by atomic mass is 10.2. The highest BCUT2D eigenvalue weighted by molar-refractivity contribution is 5.76. The maximum absolute atomic E-state index is 5.64. The van der Waals surface area contributed by atoms with Crippen LogP contribution in [0.5, 0.6) is 11.5 Å². The van der Waals surface area contributed by atoms with Crippen LogP contribution in [-0.4, -0.2) is 19.2 Å². The monoisotopic (exact) mass is 281 g/mol. The molecule has 106 valence electrons. The lowest BCUT2D eigenvalue weighted by Gasteiger charge is -2.07. The van der Waals surface area contributed by atoms with E-state index in [0.29, 0.717) is 17.4 Å². The van der Waals surface area contributed by atoms with Gasteiger partial charge in [0.15, 0.2) is 17.1 Å². The van der Waals surface area contributed by atoms with E-state index in [1.165, 1.54) is 0 Å². The van der Waals surface area contributed by atoms with Gasteiger partial charge in [-0.2, -0.15) is 0 Å². The van der Waals surface area contributed by atoms with Crippen LogP contribution < -0.4 is 9.47 Å². The number of hydrogen-bond acceptors (Lipinski definition) is 4. The van der Waals surface area contributed by atoms with Crippen molar-refractivity contribution >= 4 is 23.3 Å². The van der Waals surface area contributed by atoms with Gasteiger partial charge in [0, 0.05) is 6.08 Å². The zero-order chi connectivity index (χ0) is 14.7.